The number of hydrogen-bond acceptors (Lipinski definition) is 6. The molecule has 0 radical (unpaired) electrons. The molecule has 0 spiro atoms. The maximum Gasteiger partial charge on any atom is 0.325 e. The van der Waals surface area contributed by atoms with Crippen LogP contribution in [0.1, 0.15) is 30.1 Å². The summed E-state index contributed by atoms with van der Waals surface area (Å²) in [5.41, 5.74) is 1.09. The average Bonchev–Trinajstić information content (AvgIpc) is 2.91. The minimum Gasteiger partial charge on any atom is -0.494 e. The van der Waals surface area contributed by atoms with Crippen LogP contribution in [0.15, 0.2) is 54.6 Å². The fourth-order valence-corrected chi connectivity index (χ4v) is 3.46. The lowest BCUT2D eigenvalue weighted by Crippen LogP contribution is -2.52. The van der Waals surface area contributed by atoms with Crippen LogP contribution < -0.4 is 15.4 Å². The van der Waals surface area contributed by atoms with Gasteiger partial charge in [-0.3, -0.25) is 14.4 Å². The Bertz CT molecular complexity index is 1020. The highest BCUT2D eigenvalue weighted by Gasteiger charge is 2.25. The van der Waals surface area contributed by atoms with Crippen LogP contribution in [0, 0.1) is 0 Å². The van der Waals surface area contributed by atoms with Crippen molar-refractivity contribution in [2.24, 2.45) is 0 Å². The number of urea groups is 1. The van der Waals surface area contributed by atoms with Crippen molar-refractivity contribution in [3.63, 3.8) is 0 Å². The summed E-state index contributed by atoms with van der Waals surface area (Å²) in [4.78, 5) is 52.1. The van der Waals surface area contributed by atoms with E-state index in [1.807, 2.05) is 18.2 Å². The van der Waals surface area contributed by atoms with Crippen LogP contribution in [0.3, 0.4) is 0 Å². The van der Waals surface area contributed by atoms with Crippen molar-refractivity contribution >= 4 is 29.5 Å². The van der Waals surface area contributed by atoms with Crippen LogP contribution in [0.5, 0.6) is 5.75 Å². The molecule has 1 saturated heterocycles. The van der Waals surface area contributed by atoms with E-state index in [1.165, 1.54) is 0 Å². The second-order valence-corrected chi connectivity index (χ2v) is 8.23. The molecule has 10 heteroatoms. The number of hydrogen-bond donors (Lipinski definition) is 2. The Morgan fingerprint density at radius 3 is 2.22 bits per heavy atom. The summed E-state index contributed by atoms with van der Waals surface area (Å²) in [5, 5.41) is 5.30. The van der Waals surface area contributed by atoms with Gasteiger partial charge in [-0.2, -0.15) is 0 Å². The molecule has 0 bridgehead atoms. The quantitative estimate of drug-likeness (QED) is 0.386. The van der Waals surface area contributed by atoms with Gasteiger partial charge in [-0.1, -0.05) is 31.5 Å². The van der Waals surface area contributed by atoms with Crippen molar-refractivity contribution in [3.05, 3.63) is 60.2 Å². The summed E-state index contributed by atoms with van der Waals surface area (Å²) < 4.78 is 10.6. The number of para-hydroxylation sites is 1. The summed E-state index contributed by atoms with van der Waals surface area (Å²) in [6, 6.07) is 15.5. The van der Waals surface area contributed by atoms with E-state index in [2.05, 4.69) is 17.6 Å². The van der Waals surface area contributed by atoms with Crippen molar-refractivity contribution in [2.45, 2.75) is 19.8 Å². The number of carbonyl (C=O) groups is 4. The van der Waals surface area contributed by atoms with Gasteiger partial charge < -0.3 is 29.9 Å². The second-order valence-electron chi connectivity index (χ2n) is 8.23. The topological polar surface area (TPSA) is 117 Å². The molecular formula is C26H32N4O6. The molecule has 2 N–H and O–H groups in total. The molecule has 0 atom stereocenters. The Morgan fingerprint density at radius 1 is 0.889 bits per heavy atom. The Morgan fingerprint density at radius 2 is 1.56 bits per heavy atom. The van der Waals surface area contributed by atoms with Crippen LogP contribution in [-0.2, 0) is 14.3 Å². The number of nitrogens with zero attached hydrogens (tertiary/aromatic N) is 2. The fraction of sp³-hybridized carbons (Fsp3) is 0.385. The van der Waals surface area contributed by atoms with Gasteiger partial charge >= 0.3 is 12.0 Å². The van der Waals surface area contributed by atoms with Crippen LogP contribution in [0.25, 0.3) is 0 Å². The molecule has 2 aromatic rings. The predicted molar refractivity (Wildman–Crippen MR) is 134 cm³/mol. The lowest BCUT2D eigenvalue weighted by Gasteiger charge is -2.34. The van der Waals surface area contributed by atoms with Gasteiger partial charge in [-0.05, 0) is 42.8 Å². The van der Waals surface area contributed by atoms with Gasteiger partial charge in [0.1, 0.15) is 12.3 Å². The molecule has 36 heavy (non-hydrogen) atoms. The third-order valence-electron chi connectivity index (χ3n) is 5.58. The van der Waals surface area contributed by atoms with Gasteiger partial charge in [0.25, 0.3) is 11.8 Å². The van der Waals surface area contributed by atoms with E-state index in [0.717, 1.165) is 12.8 Å². The maximum atomic E-state index is 12.4. The number of esters is 1. The second kappa shape index (κ2) is 13.7. The largest absolute Gasteiger partial charge is 0.494 e. The number of piperazine rings is 1. The maximum absolute atomic E-state index is 12.4. The third kappa shape index (κ3) is 8.30. The highest BCUT2D eigenvalue weighted by atomic mass is 16.5. The summed E-state index contributed by atoms with van der Waals surface area (Å²) in [5.74, 6) is -0.813. The van der Waals surface area contributed by atoms with Crippen LogP contribution in [0.4, 0.5) is 10.5 Å². The van der Waals surface area contributed by atoms with Crippen LogP contribution in [-0.4, -0.2) is 79.6 Å². The molecule has 2 aromatic carbocycles. The monoisotopic (exact) mass is 496 g/mol. The van der Waals surface area contributed by atoms with Gasteiger partial charge in [0.15, 0.2) is 6.61 Å². The first-order chi connectivity index (χ1) is 17.5. The molecule has 1 aliphatic heterocycles. The molecule has 1 heterocycles. The molecule has 0 unspecified atom stereocenters. The van der Waals surface area contributed by atoms with E-state index in [4.69, 9.17) is 9.47 Å². The zero-order valence-corrected chi connectivity index (χ0v) is 20.4. The van der Waals surface area contributed by atoms with Gasteiger partial charge in [0, 0.05) is 37.4 Å². The molecule has 1 fully saturated rings. The summed E-state index contributed by atoms with van der Waals surface area (Å²) in [6.07, 6.45) is 1.99. The molecule has 0 aromatic heterocycles. The Labute approximate surface area is 210 Å². The normalized spacial score (nSPS) is 13.0. The lowest BCUT2D eigenvalue weighted by atomic mass is 10.2. The number of unbranched alkanes of at least 4 members (excludes halogenated alkanes) is 1. The molecule has 1 aliphatic rings. The molecule has 4 amide bonds. The van der Waals surface area contributed by atoms with E-state index in [9.17, 15) is 19.2 Å². The van der Waals surface area contributed by atoms with E-state index in [-0.39, 0.29) is 18.5 Å². The lowest BCUT2D eigenvalue weighted by molar-refractivity contribution is -0.151. The van der Waals surface area contributed by atoms with E-state index < -0.39 is 18.5 Å². The van der Waals surface area contributed by atoms with Crippen molar-refractivity contribution in [2.75, 3.05) is 51.3 Å². The number of benzene rings is 2. The van der Waals surface area contributed by atoms with Crippen molar-refractivity contribution in [3.8, 4) is 5.75 Å². The van der Waals surface area contributed by atoms with Crippen LogP contribution >= 0.6 is 0 Å². The molecule has 10 nitrogen and oxygen atoms in total. The smallest absolute Gasteiger partial charge is 0.325 e. The summed E-state index contributed by atoms with van der Waals surface area (Å²) >= 11 is 0. The number of rotatable bonds is 10. The van der Waals surface area contributed by atoms with E-state index in [1.54, 1.807) is 46.2 Å². The van der Waals surface area contributed by atoms with Crippen molar-refractivity contribution in [1.82, 2.24) is 15.1 Å². The zero-order chi connectivity index (χ0) is 25.8. The Balaban J connectivity index is 1.32. The highest BCUT2D eigenvalue weighted by Crippen LogP contribution is 2.13. The molecule has 192 valence electrons. The fourth-order valence-electron chi connectivity index (χ4n) is 3.46. The molecule has 0 aliphatic carbocycles. The number of carbonyl (C=O) groups excluding carboxylic acids is 4. The van der Waals surface area contributed by atoms with Gasteiger partial charge in [0.2, 0.25) is 0 Å². The van der Waals surface area contributed by atoms with Gasteiger partial charge in [0.05, 0.1) is 6.61 Å². The van der Waals surface area contributed by atoms with Gasteiger partial charge in [-0.25, -0.2) is 4.79 Å². The average molecular weight is 497 g/mol. The number of ether oxygens (including phenoxy) is 2. The van der Waals surface area contributed by atoms with Crippen LogP contribution in [0.2, 0.25) is 0 Å². The SMILES string of the molecule is CCCCOc1ccc(C(=O)NCC(=O)OCC(=O)N2CCN(C(=O)Nc3ccccc3)CC2)cc1. The molecule has 3 rings (SSSR count). The Hall–Kier alpha value is -4.08. The first kappa shape index (κ1) is 26.5. The first-order valence-corrected chi connectivity index (χ1v) is 12.0. The van der Waals surface area contributed by atoms with Crippen molar-refractivity contribution in [1.29, 1.82) is 0 Å². The number of anilines is 1. The van der Waals surface area contributed by atoms with E-state index >= 15 is 0 Å². The minimum atomic E-state index is -0.711. The summed E-state index contributed by atoms with van der Waals surface area (Å²) in [7, 11) is 0. The third-order valence-corrected chi connectivity index (χ3v) is 5.58. The Kier molecular flexibility index (Phi) is 10.1. The molecular weight excluding hydrogens is 464 g/mol. The first-order valence-electron chi connectivity index (χ1n) is 12.0. The standard InChI is InChI=1S/C26H32N4O6/c1-2-3-17-35-22-11-9-20(10-12-22)25(33)27-18-24(32)36-19-23(31)29-13-15-30(16-14-29)26(34)28-21-7-5-4-6-8-21/h4-12H,2-3,13-19H2,1H3,(H,27,33)(H,28,34). The predicted octanol–water partition coefficient (Wildman–Crippen LogP) is 2.51. The van der Waals surface area contributed by atoms with Gasteiger partial charge in [-0.15, -0.1) is 0 Å². The van der Waals surface area contributed by atoms with Crippen molar-refractivity contribution < 1.29 is 28.7 Å². The zero-order valence-electron chi connectivity index (χ0n) is 20.4. The minimum absolute atomic E-state index is 0.228. The number of amides is 4. The van der Waals surface area contributed by atoms with E-state index in [0.29, 0.717) is 49.8 Å². The highest BCUT2D eigenvalue weighted by molar-refractivity contribution is 5.96. The number of nitrogens with one attached hydrogen (secondary N) is 2. The molecule has 0 saturated carbocycles. The summed E-state index contributed by atoms with van der Waals surface area (Å²) in [6.45, 7) is 3.34.